The molecular formula is C22H25N3O5. The number of ether oxygens (including phenoxy) is 2. The van der Waals surface area contributed by atoms with Gasteiger partial charge in [0.25, 0.3) is 5.91 Å². The van der Waals surface area contributed by atoms with Crippen molar-refractivity contribution in [3.05, 3.63) is 54.1 Å². The Labute approximate surface area is 175 Å². The molecule has 1 atom stereocenters. The number of methoxy groups -OCH3 is 1. The summed E-state index contributed by atoms with van der Waals surface area (Å²) in [5.41, 5.74) is -0.102. The minimum absolute atomic E-state index is 0.342. The Morgan fingerprint density at radius 1 is 1.10 bits per heavy atom. The van der Waals surface area contributed by atoms with Crippen LogP contribution in [0.4, 0.5) is 10.5 Å². The maximum Gasteiger partial charge on any atom is 0.325 e. The van der Waals surface area contributed by atoms with E-state index in [-0.39, 0.29) is 0 Å². The summed E-state index contributed by atoms with van der Waals surface area (Å²) in [5.74, 6) is 0.207. The van der Waals surface area contributed by atoms with E-state index in [9.17, 15) is 14.4 Å². The first-order valence-electron chi connectivity index (χ1n) is 9.75. The van der Waals surface area contributed by atoms with Crippen LogP contribution in [-0.2, 0) is 15.1 Å². The highest BCUT2D eigenvalue weighted by atomic mass is 16.5. The molecule has 0 bridgehead atoms. The van der Waals surface area contributed by atoms with Gasteiger partial charge < -0.3 is 20.1 Å². The number of rotatable bonds is 8. The number of nitrogens with one attached hydrogen (secondary N) is 2. The molecule has 158 valence electrons. The van der Waals surface area contributed by atoms with Gasteiger partial charge in [-0.1, -0.05) is 31.2 Å². The third-order valence-corrected chi connectivity index (χ3v) is 5.05. The lowest BCUT2D eigenvalue weighted by Gasteiger charge is -2.26. The molecule has 0 saturated carbocycles. The van der Waals surface area contributed by atoms with Gasteiger partial charge in [0.05, 0.1) is 19.4 Å². The van der Waals surface area contributed by atoms with Crippen LogP contribution < -0.4 is 20.1 Å². The second-order valence-corrected chi connectivity index (χ2v) is 6.79. The molecule has 4 amide bonds. The smallest absolute Gasteiger partial charge is 0.325 e. The number of nitrogens with zero attached hydrogens (tertiary/aromatic N) is 1. The lowest BCUT2D eigenvalue weighted by molar-refractivity contribution is -0.134. The molecule has 1 aliphatic heterocycles. The Balaban J connectivity index is 1.78. The van der Waals surface area contributed by atoms with E-state index in [1.54, 1.807) is 55.6 Å². The quantitative estimate of drug-likeness (QED) is 0.651. The van der Waals surface area contributed by atoms with Crippen LogP contribution in [0.15, 0.2) is 48.5 Å². The topological polar surface area (TPSA) is 97.0 Å². The molecule has 1 heterocycles. The summed E-state index contributed by atoms with van der Waals surface area (Å²) in [6, 6.07) is 13.3. The van der Waals surface area contributed by atoms with Crippen LogP contribution in [0.25, 0.3) is 0 Å². The molecule has 1 fully saturated rings. The fourth-order valence-corrected chi connectivity index (χ4v) is 3.47. The fourth-order valence-electron chi connectivity index (χ4n) is 3.47. The molecule has 0 unspecified atom stereocenters. The largest absolute Gasteiger partial charge is 0.497 e. The highest BCUT2D eigenvalue weighted by Gasteiger charge is 2.51. The third kappa shape index (κ3) is 3.94. The van der Waals surface area contributed by atoms with Gasteiger partial charge in [0.2, 0.25) is 5.91 Å². The highest BCUT2D eigenvalue weighted by molar-refractivity contribution is 6.10. The highest BCUT2D eigenvalue weighted by Crippen LogP contribution is 2.33. The Hall–Kier alpha value is -3.55. The molecule has 3 rings (SSSR count). The molecular weight excluding hydrogens is 386 g/mol. The Morgan fingerprint density at radius 2 is 1.80 bits per heavy atom. The second-order valence-electron chi connectivity index (χ2n) is 6.79. The molecule has 8 heteroatoms. The number of hydrogen-bond donors (Lipinski definition) is 2. The van der Waals surface area contributed by atoms with Crippen LogP contribution in [0.3, 0.4) is 0 Å². The number of benzene rings is 2. The molecule has 0 spiro atoms. The zero-order chi connectivity index (χ0) is 21.7. The number of amides is 4. The monoisotopic (exact) mass is 411 g/mol. The van der Waals surface area contributed by atoms with Gasteiger partial charge in [-0.3, -0.25) is 14.5 Å². The van der Waals surface area contributed by atoms with Crippen molar-refractivity contribution in [3.63, 3.8) is 0 Å². The first-order chi connectivity index (χ1) is 14.4. The summed E-state index contributed by atoms with van der Waals surface area (Å²) in [7, 11) is 1.55. The molecule has 2 aromatic rings. The molecule has 1 aliphatic rings. The van der Waals surface area contributed by atoms with E-state index >= 15 is 0 Å². The van der Waals surface area contributed by atoms with Crippen molar-refractivity contribution in [2.75, 3.05) is 25.6 Å². The Kier molecular flexibility index (Phi) is 6.25. The van der Waals surface area contributed by atoms with E-state index < -0.39 is 29.9 Å². The van der Waals surface area contributed by atoms with Crippen LogP contribution in [0.1, 0.15) is 25.8 Å². The zero-order valence-electron chi connectivity index (χ0n) is 17.2. The van der Waals surface area contributed by atoms with Crippen molar-refractivity contribution in [3.8, 4) is 11.5 Å². The van der Waals surface area contributed by atoms with Crippen molar-refractivity contribution in [1.82, 2.24) is 10.2 Å². The van der Waals surface area contributed by atoms with Gasteiger partial charge in [-0.05, 0) is 43.2 Å². The SMILES string of the molecule is CCOc1ccccc1NC(=O)CN1C(=O)N[C@@](CC)(c2ccc(OC)cc2)C1=O. The minimum atomic E-state index is -1.22. The van der Waals surface area contributed by atoms with Gasteiger partial charge >= 0.3 is 6.03 Å². The maximum atomic E-state index is 13.2. The molecule has 2 N–H and O–H groups in total. The van der Waals surface area contributed by atoms with Gasteiger partial charge in [-0.2, -0.15) is 0 Å². The second kappa shape index (κ2) is 8.86. The third-order valence-electron chi connectivity index (χ3n) is 5.05. The molecule has 1 saturated heterocycles. The number of carbonyl (C=O) groups is 3. The van der Waals surface area contributed by atoms with E-state index in [1.807, 2.05) is 13.8 Å². The normalized spacial score (nSPS) is 18.2. The lowest BCUT2D eigenvalue weighted by atomic mass is 9.87. The average Bonchev–Trinajstić information content (AvgIpc) is 3.00. The predicted octanol–water partition coefficient (Wildman–Crippen LogP) is 2.89. The number of anilines is 1. The van der Waals surface area contributed by atoms with Crippen LogP contribution in [-0.4, -0.2) is 43.0 Å². The molecule has 30 heavy (non-hydrogen) atoms. The first-order valence-corrected chi connectivity index (χ1v) is 9.75. The van der Waals surface area contributed by atoms with Crippen LogP contribution >= 0.6 is 0 Å². The van der Waals surface area contributed by atoms with Gasteiger partial charge in [-0.25, -0.2) is 4.79 Å². The summed E-state index contributed by atoms with van der Waals surface area (Å²) in [5, 5.41) is 5.47. The number of urea groups is 1. The summed E-state index contributed by atoms with van der Waals surface area (Å²) in [4.78, 5) is 39.3. The molecule has 0 aromatic heterocycles. The Bertz CT molecular complexity index is 944. The zero-order valence-corrected chi connectivity index (χ0v) is 17.2. The summed E-state index contributed by atoms with van der Waals surface area (Å²) in [6.45, 7) is 3.70. The van der Waals surface area contributed by atoms with Gasteiger partial charge in [0.15, 0.2) is 0 Å². The minimum Gasteiger partial charge on any atom is -0.497 e. The van der Waals surface area contributed by atoms with E-state index in [0.717, 1.165) is 4.90 Å². The van der Waals surface area contributed by atoms with Crippen molar-refractivity contribution < 1.29 is 23.9 Å². The van der Waals surface area contributed by atoms with Crippen molar-refractivity contribution in [1.29, 1.82) is 0 Å². The van der Waals surface area contributed by atoms with E-state index in [2.05, 4.69) is 10.6 Å². The molecule has 2 aromatic carbocycles. The number of imide groups is 1. The Morgan fingerprint density at radius 3 is 2.43 bits per heavy atom. The summed E-state index contributed by atoms with van der Waals surface area (Å²) in [6.07, 6.45) is 0.342. The summed E-state index contributed by atoms with van der Waals surface area (Å²) >= 11 is 0. The van der Waals surface area contributed by atoms with Crippen molar-refractivity contribution >= 4 is 23.5 Å². The van der Waals surface area contributed by atoms with Crippen LogP contribution in [0.5, 0.6) is 11.5 Å². The van der Waals surface area contributed by atoms with E-state index in [4.69, 9.17) is 9.47 Å². The first kappa shape index (κ1) is 21.2. The molecule has 0 aliphatic carbocycles. The molecule has 0 radical (unpaired) electrons. The fraction of sp³-hybridized carbons (Fsp3) is 0.318. The lowest BCUT2D eigenvalue weighted by Crippen LogP contribution is -2.44. The van der Waals surface area contributed by atoms with Crippen molar-refractivity contribution in [2.24, 2.45) is 0 Å². The van der Waals surface area contributed by atoms with Gasteiger partial charge in [0, 0.05) is 0 Å². The number of para-hydroxylation sites is 2. The average molecular weight is 411 g/mol. The molecule has 8 nitrogen and oxygen atoms in total. The van der Waals surface area contributed by atoms with Crippen molar-refractivity contribution in [2.45, 2.75) is 25.8 Å². The van der Waals surface area contributed by atoms with Gasteiger partial charge in [0.1, 0.15) is 23.6 Å². The number of carbonyl (C=O) groups excluding carboxylic acids is 3. The maximum absolute atomic E-state index is 13.2. The standard InChI is InChI=1S/C22H25N3O5/c1-4-22(15-10-12-16(29-3)13-11-15)20(27)25(21(28)24-22)14-19(26)23-17-8-6-7-9-18(17)30-5-2/h6-13H,4-5,14H2,1-3H3,(H,23,26)(H,24,28)/t22-/m0/s1. The predicted molar refractivity (Wildman–Crippen MR) is 111 cm³/mol. The van der Waals surface area contributed by atoms with Crippen LogP contribution in [0, 0.1) is 0 Å². The summed E-state index contributed by atoms with van der Waals surface area (Å²) < 4.78 is 10.7. The van der Waals surface area contributed by atoms with Crippen LogP contribution in [0.2, 0.25) is 0 Å². The number of hydrogen-bond acceptors (Lipinski definition) is 5. The van der Waals surface area contributed by atoms with E-state index in [1.165, 1.54) is 0 Å². The van der Waals surface area contributed by atoms with E-state index in [0.29, 0.717) is 35.8 Å². The van der Waals surface area contributed by atoms with Gasteiger partial charge in [-0.15, -0.1) is 0 Å².